The second-order valence-corrected chi connectivity index (χ2v) is 6.48. The summed E-state index contributed by atoms with van der Waals surface area (Å²) >= 11 is 5.53. The van der Waals surface area contributed by atoms with Crippen molar-refractivity contribution in [2.75, 3.05) is 0 Å². The third-order valence-corrected chi connectivity index (χ3v) is 4.81. The molecule has 1 saturated carbocycles. The molecule has 16 heavy (non-hydrogen) atoms. The van der Waals surface area contributed by atoms with Crippen LogP contribution in [-0.2, 0) is 0 Å². The number of hydrogen-bond donors (Lipinski definition) is 0. The van der Waals surface area contributed by atoms with Crippen molar-refractivity contribution >= 4 is 25.1 Å². The molecule has 0 spiro atoms. The summed E-state index contributed by atoms with van der Waals surface area (Å²) < 4.78 is 0. The van der Waals surface area contributed by atoms with Gasteiger partial charge in [-0.2, -0.15) is 0 Å². The SMILES string of the molecule is [B]C1(C)CCCC2C1CCC(=S)N2C(C)C. The Hall–Kier alpha value is -0.0451. The molecule has 2 aliphatic rings. The molecule has 1 nitrogen and oxygen atoms in total. The number of thiocarbonyl (C=S) groups is 1. The topological polar surface area (TPSA) is 3.24 Å². The quantitative estimate of drug-likeness (QED) is 0.506. The van der Waals surface area contributed by atoms with E-state index in [2.05, 4.69) is 25.7 Å². The van der Waals surface area contributed by atoms with Gasteiger partial charge in [-0.25, -0.2) is 0 Å². The van der Waals surface area contributed by atoms with Crippen molar-refractivity contribution in [1.82, 2.24) is 4.90 Å². The zero-order valence-corrected chi connectivity index (χ0v) is 11.5. The Labute approximate surface area is 106 Å². The van der Waals surface area contributed by atoms with E-state index in [0.29, 0.717) is 18.0 Å². The van der Waals surface area contributed by atoms with Crippen LogP contribution in [0.1, 0.15) is 52.9 Å². The van der Waals surface area contributed by atoms with Gasteiger partial charge in [0, 0.05) is 12.1 Å². The van der Waals surface area contributed by atoms with Crippen molar-refractivity contribution < 1.29 is 0 Å². The van der Waals surface area contributed by atoms with Crippen molar-refractivity contribution in [2.24, 2.45) is 5.92 Å². The van der Waals surface area contributed by atoms with Crippen molar-refractivity contribution in [3.8, 4) is 0 Å². The van der Waals surface area contributed by atoms with Crippen LogP contribution in [0.5, 0.6) is 0 Å². The lowest BCUT2D eigenvalue weighted by molar-refractivity contribution is 0.0897. The van der Waals surface area contributed by atoms with Crippen LogP contribution in [-0.4, -0.2) is 29.8 Å². The first-order valence-electron chi connectivity index (χ1n) is 6.53. The van der Waals surface area contributed by atoms with Crippen LogP contribution in [0.4, 0.5) is 0 Å². The van der Waals surface area contributed by atoms with Crippen LogP contribution in [0.15, 0.2) is 0 Å². The van der Waals surface area contributed by atoms with Crippen LogP contribution < -0.4 is 0 Å². The third kappa shape index (κ3) is 2.03. The number of rotatable bonds is 1. The van der Waals surface area contributed by atoms with Gasteiger partial charge < -0.3 is 4.90 Å². The highest BCUT2D eigenvalue weighted by atomic mass is 32.1. The van der Waals surface area contributed by atoms with Crippen molar-refractivity contribution in [3.63, 3.8) is 0 Å². The van der Waals surface area contributed by atoms with E-state index in [1.807, 2.05) is 0 Å². The summed E-state index contributed by atoms with van der Waals surface area (Å²) in [5.74, 6) is 0.635. The van der Waals surface area contributed by atoms with Crippen LogP contribution in [0.3, 0.4) is 0 Å². The number of piperidine rings is 1. The molecule has 1 heterocycles. The number of likely N-dealkylation sites (tertiary alicyclic amines) is 1. The number of hydrogen-bond acceptors (Lipinski definition) is 1. The van der Waals surface area contributed by atoms with Crippen LogP contribution in [0.25, 0.3) is 0 Å². The molecule has 0 N–H and O–H groups in total. The van der Waals surface area contributed by atoms with Gasteiger partial charge in [0.2, 0.25) is 0 Å². The van der Waals surface area contributed by atoms with Gasteiger partial charge in [0.25, 0.3) is 0 Å². The second-order valence-electron chi connectivity index (χ2n) is 6.01. The molecule has 0 amide bonds. The molecule has 2 radical (unpaired) electrons. The summed E-state index contributed by atoms with van der Waals surface area (Å²) in [4.78, 5) is 3.63. The Bertz CT molecular complexity index is 288. The van der Waals surface area contributed by atoms with Crippen molar-refractivity contribution in [3.05, 3.63) is 0 Å². The predicted octanol–water partition coefficient (Wildman–Crippen LogP) is 3.33. The van der Waals surface area contributed by atoms with Gasteiger partial charge in [0.05, 0.1) is 12.8 Å². The molecule has 2 fully saturated rings. The van der Waals surface area contributed by atoms with Gasteiger partial charge in [-0.15, -0.1) is 0 Å². The molecular weight excluding hydrogens is 213 g/mol. The third-order valence-electron chi connectivity index (χ3n) is 4.40. The molecule has 3 heteroatoms. The normalized spacial score (nSPS) is 40.0. The minimum absolute atomic E-state index is 0.0199. The molecular formula is C13H22BNS. The number of fused-ring (bicyclic) bond motifs is 1. The summed E-state index contributed by atoms with van der Waals surface area (Å²) in [6, 6.07) is 1.12. The molecule has 1 aliphatic carbocycles. The first-order valence-corrected chi connectivity index (χ1v) is 6.94. The Morgan fingerprint density at radius 3 is 2.75 bits per heavy atom. The lowest BCUT2D eigenvalue weighted by Gasteiger charge is -2.54. The molecule has 3 atom stereocenters. The fraction of sp³-hybridized carbons (Fsp3) is 0.923. The standard InChI is InChI=1S/C13H22BNS/c1-9(2)15-11-5-4-8-13(3,14)10(11)6-7-12(15)16/h9-11H,4-8H2,1-3H3. The smallest absolute Gasteiger partial charge is 0.0784 e. The largest absolute Gasteiger partial charge is 0.360 e. The Balaban J connectivity index is 2.24. The van der Waals surface area contributed by atoms with Crippen molar-refractivity contribution in [2.45, 2.75) is 70.3 Å². The maximum atomic E-state index is 6.47. The molecule has 1 saturated heterocycles. The van der Waals surface area contributed by atoms with E-state index in [0.717, 1.165) is 11.4 Å². The van der Waals surface area contributed by atoms with E-state index in [4.69, 9.17) is 20.1 Å². The maximum Gasteiger partial charge on any atom is 0.0784 e. The molecule has 88 valence electrons. The summed E-state index contributed by atoms with van der Waals surface area (Å²) in [6.45, 7) is 6.73. The zero-order valence-electron chi connectivity index (χ0n) is 10.7. The summed E-state index contributed by atoms with van der Waals surface area (Å²) in [7, 11) is 6.47. The van der Waals surface area contributed by atoms with Gasteiger partial charge in [-0.05, 0) is 39.0 Å². The summed E-state index contributed by atoms with van der Waals surface area (Å²) in [5.41, 5.74) is 0. The van der Waals surface area contributed by atoms with Crippen LogP contribution in [0, 0.1) is 5.92 Å². The van der Waals surface area contributed by atoms with Gasteiger partial charge in [0.1, 0.15) is 0 Å². The minimum Gasteiger partial charge on any atom is -0.360 e. The highest BCUT2D eigenvalue weighted by Crippen LogP contribution is 2.50. The lowest BCUT2D eigenvalue weighted by Crippen LogP contribution is -2.55. The fourth-order valence-corrected chi connectivity index (χ4v) is 4.10. The van der Waals surface area contributed by atoms with E-state index in [9.17, 15) is 0 Å². The molecule has 3 unspecified atom stereocenters. The fourth-order valence-electron chi connectivity index (χ4n) is 3.64. The monoisotopic (exact) mass is 235 g/mol. The Kier molecular flexibility index (Phi) is 3.35. The maximum absolute atomic E-state index is 6.47. The minimum atomic E-state index is 0.0199. The van der Waals surface area contributed by atoms with Gasteiger partial charge in [-0.1, -0.05) is 37.3 Å². The van der Waals surface area contributed by atoms with E-state index in [1.165, 1.54) is 25.7 Å². The Morgan fingerprint density at radius 1 is 1.44 bits per heavy atom. The molecule has 0 aromatic carbocycles. The van der Waals surface area contributed by atoms with E-state index < -0.39 is 0 Å². The molecule has 1 aliphatic heterocycles. The summed E-state index contributed by atoms with van der Waals surface area (Å²) in [6.07, 6.45) is 5.95. The van der Waals surface area contributed by atoms with E-state index in [-0.39, 0.29) is 5.31 Å². The highest BCUT2D eigenvalue weighted by Gasteiger charge is 2.44. The van der Waals surface area contributed by atoms with Crippen LogP contribution in [0.2, 0.25) is 5.31 Å². The molecule has 0 aromatic rings. The lowest BCUT2D eigenvalue weighted by atomic mass is 9.52. The van der Waals surface area contributed by atoms with E-state index >= 15 is 0 Å². The first-order chi connectivity index (χ1) is 7.43. The van der Waals surface area contributed by atoms with Gasteiger partial charge in [0.15, 0.2) is 0 Å². The average molecular weight is 235 g/mol. The molecule has 0 aromatic heterocycles. The van der Waals surface area contributed by atoms with Crippen molar-refractivity contribution in [1.29, 1.82) is 0 Å². The molecule has 2 rings (SSSR count). The van der Waals surface area contributed by atoms with Gasteiger partial charge in [-0.3, -0.25) is 0 Å². The Morgan fingerprint density at radius 2 is 2.12 bits per heavy atom. The predicted molar refractivity (Wildman–Crippen MR) is 74.1 cm³/mol. The average Bonchev–Trinajstić information content (AvgIpc) is 2.15. The number of nitrogens with zero attached hydrogens (tertiary/aromatic N) is 1. The second kappa shape index (κ2) is 4.32. The summed E-state index contributed by atoms with van der Waals surface area (Å²) in [5, 5.41) is 0.0199. The first kappa shape index (κ1) is 12.4. The van der Waals surface area contributed by atoms with E-state index in [1.54, 1.807) is 0 Å². The highest BCUT2D eigenvalue weighted by molar-refractivity contribution is 7.80. The molecule has 0 bridgehead atoms. The zero-order chi connectivity index (χ0) is 11.9. The van der Waals surface area contributed by atoms with Crippen LogP contribution >= 0.6 is 12.2 Å². The van der Waals surface area contributed by atoms with Gasteiger partial charge >= 0.3 is 0 Å².